The molecule has 0 spiro atoms. The Morgan fingerprint density at radius 1 is 1.53 bits per heavy atom. The number of hydrogen-bond donors (Lipinski definition) is 2. The molecule has 19 heavy (non-hydrogen) atoms. The van der Waals surface area contributed by atoms with Crippen LogP contribution in [0.25, 0.3) is 0 Å². The Hall–Kier alpha value is -1.58. The van der Waals surface area contributed by atoms with Crippen LogP contribution in [0.1, 0.15) is 49.9 Å². The van der Waals surface area contributed by atoms with Crippen molar-refractivity contribution >= 4 is 11.7 Å². The van der Waals surface area contributed by atoms with Crippen molar-refractivity contribution < 1.29 is 4.79 Å². The molecule has 1 fully saturated rings. The van der Waals surface area contributed by atoms with Gasteiger partial charge in [0, 0.05) is 18.8 Å². The van der Waals surface area contributed by atoms with Crippen LogP contribution in [0.4, 0.5) is 5.82 Å². The molecule has 1 aromatic rings. The highest BCUT2D eigenvalue weighted by Crippen LogP contribution is 2.33. The van der Waals surface area contributed by atoms with Gasteiger partial charge in [-0.05, 0) is 37.8 Å². The third kappa shape index (κ3) is 4.23. The molecule has 1 saturated carbocycles. The minimum Gasteiger partial charge on any atom is -0.369 e. The third-order valence-corrected chi connectivity index (χ3v) is 3.36. The number of rotatable bonds is 7. The molecule has 104 valence electrons. The number of pyridine rings is 1. The number of carbonyl (C=O) groups excluding carboxylic acids is 1. The van der Waals surface area contributed by atoms with Crippen molar-refractivity contribution in [1.82, 2.24) is 10.3 Å². The van der Waals surface area contributed by atoms with Crippen molar-refractivity contribution in [3.63, 3.8) is 0 Å². The van der Waals surface area contributed by atoms with Gasteiger partial charge in [-0.2, -0.15) is 0 Å². The highest BCUT2D eigenvalue weighted by molar-refractivity contribution is 5.98. The summed E-state index contributed by atoms with van der Waals surface area (Å²) in [5.74, 6) is 1.47. The third-order valence-electron chi connectivity index (χ3n) is 3.36. The number of nitrogens with one attached hydrogen (secondary N) is 2. The van der Waals surface area contributed by atoms with Crippen LogP contribution < -0.4 is 10.6 Å². The molecular weight excluding hydrogens is 238 g/mol. The largest absolute Gasteiger partial charge is 0.369 e. The van der Waals surface area contributed by atoms with E-state index in [-0.39, 0.29) is 11.9 Å². The van der Waals surface area contributed by atoms with Gasteiger partial charge < -0.3 is 10.6 Å². The molecule has 0 saturated heterocycles. The highest BCUT2D eigenvalue weighted by Gasteiger charge is 2.24. The zero-order valence-electron chi connectivity index (χ0n) is 11.8. The van der Waals surface area contributed by atoms with Gasteiger partial charge in [0.2, 0.25) is 0 Å². The van der Waals surface area contributed by atoms with Crippen LogP contribution in [0.3, 0.4) is 0 Å². The second-order valence-corrected chi connectivity index (χ2v) is 5.38. The van der Waals surface area contributed by atoms with E-state index >= 15 is 0 Å². The first kappa shape index (κ1) is 13.8. The summed E-state index contributed by atoms with van der Waals surface area (Å²) in [6.45, 7) is 4.99. The van der Waals surface area contributed by atoms with Crippen LogP contribution in [0, 0.1) is 5.92 Å². The molecule has 0 bridgehead atoms. The lowest BCUT2D eigenvalue weighted by atomic mass is 10.1. The van der Waals surface area contributed by atoms with Gasteiger partial charge >= 0.3 is 0 Å². The van der Waals surface area contributed by atoms with E-state index in [9.17, 15) is 4.79 Å². The first-order valence-corrected chi connectivity index (χ1v) is 7.20. The van der Waals surface area contributed by atoms with Crippen molar-refractivity contribution in [2.45, 2.75) is 45.6 Å². The topological polar surface area (TPSA) is 54.0 Å². The molecule has 1 heterocycles. The number of aromatic nitrogens is 1. The summed E-state index contributed by atoms with van der Waals surface area (Å²) < 4.78 is 0. The van der Waals surface area contributed by atoms with E-state index in [1.807, 2.05) is 6.07 Å². The van der Waals surface area contributed by atoms with Gasteiger partial charge in [0.15, 0.2) is 0 Å². The van der Waals surface area contributed by atoms with Crippen LogP contribution in [-0.2, 0) is 0 Å². The Bertz CT molecular complexity index is 429. The molecule has 4 nitrogen and oxygen atoms in total. The fourth-order valence-corrected chi connectivity index (χ4v) is 2.19. The smallest absolute Gasteiger partial charge is 0.255 e. The lowest BCUT2D eigenvalue weighted by Crippen LogP contribution is -2.33. The maximum Gasteiger partial charge on any atom is 0.255 e. The lowest BCUT2D eigenvalue weighted by Gasteiger charge is -2.15. The average Bonchev–Trinajstić information content (AvgIpc) is 3.20. The Kier molecular flexibility index (Phi) is 4.77. The Labute approximate surface area is 115 Å². The van der Waals surface area contributed by atoms with E-state index in [0.29, 0.717) is 11.4 Å². The molecule has 0 aliphatic heterocycles. The van der Waals surface area contributed by atoms with Crippen molar-refractivity contribution in [3.8, 4) is 0 Å². The minimum atomic E-state index is -0.0279. The second kappa shape index (κ2) is 6.55. The van der Waals surface area contributed by atoms with Gasteiger partial charge in [-0.25, -0.2) is 4.98 Å². The van der Waals surface area contributed by atoms with Gasteiger partial charge in [-0.1, -0.05) is 19.8 Å². The normalized spacial score (nSPS) is 15.9. The number of anilines is 1. The molecule has 2 N–H and O–H groups in total. The first-order valence-electron chi connectivity index (χ1n) is 7.20. The summed E-state index contributed by atoms with van der Waals surface area (Å²) in [5.41, 5.74) is 0.638. The Morgan fingerprint density at radius 3 is 3.00 bits per heavy atom. The molecule has 1 unspecified atom stereocenters. The minimum absolute atomic E-state index is 0.0279. The fourth-order valence-electron chi connectivity index (χ4n) is 2.19. The second-order valence-electron chi connectivity index (χ2n) is 5.38. The van der Waals surface area contributed by atoms with Crippen LogP contribution in [0.5, 0.6) is 0 Å². The number of carbonyl (C=O) groups is 1. The quantitative estimate of drug-likeness (QED) is 0.793. The maximum absolute atomic E-state index is 12.2. The van der Waals surface area contributed by atoms with Crippen LogP contribution in [0.2, 0.25) is 0 Å². The van der Waals surface area contributed by atoms with E-state index in [2.05, 4.69) is 29.5 Å². The summed E-state index contributed by atoms with van der Waals surface area (Å²) in [5, 5.41) is 6.26. The van der Waals surface area contributed by atoms with Crippen molar-refractivity contribution in [1.29, 1.82) is 0 Å². The number of hydrogen-bond acceptors (Lipinski definition) is 3. The zero-order valence-corrected chi connectivity index (χ0v) is 11.8. The number of nitrogens with zero attached hydrogens (tertiary/aromatic N) is 1. The van der Waals surface area contributed by atoms with Gasteiger partial charge in [-0.15, -0.1) is 0 Å². The van der Waals surface area contributed by atoms with E-state index in [0.717, 1.165) is 25.3 Å². The first-order chi connectivity index (χ1) is 9.20. The molecule has 4 heteroatoms. The molecule has 0 aromatic carbocycles. The molecule has 1 aliphatic rings. The van der Waals surface area contributed by atoms with Gasteiger partial charge in [0.25, 0.3) is 5.91 Å². The molecule has 1 atom stereocenters. The lowest BCUT2D eigenvalue weighted by molar-refractivity contribution is 0.0938. The summed E-state index contributed by atoms with van der Waals surface area (Å²) >= 11 is 0. The molecular formula is C15H23N3O. The van der Waals surface area contributed by atoms with E-state index in [1.54, 1.807) is 12.3 Å². The Morgan fingerprint density at radius 2 is 2.32 bits per heavy atom. The van der Waals surface area contributed by atoms with Gasteiger partial charge in [0.1, 0.15) is 5.82 Å². The van der Waals surface area contributed by atoms with Crippen LogP contribution >= 0.6 is 0 Å². The Balaban J connectivity index is 1.96. The van der Waals surface area contributed by atoms with Crippen molar-refractivity contribution in [3.05, 3.63) is 23.9 Å². The van der Waals surface area contributed by atoms with E-state index in [4.69, 9.17) is 0 Å². The van der Waals surface area contributed by atoms with Crippen molar-refractivity contribution in [2.24, 2.45) is 5.92 Å². The maximum atomic E-state index is 12.2. The van der Waals surface area contributed by atoms with E-state index < -0.39 is 0 Å². The summed E-state index contributed by atoms with van der Waals surface area (Å²) in [6, 6.07) is 3.86. The predicted molar refractivity (Wildman–Crippen MR) is 77.3 cm³/mol. The summed E-state index contributed by atoms with van der Waals surface area (Å²) in [4.78, 5) is 16.5. The van der Waals surface area contributed by atoms with Gasteiger partial charge in [0.05, 0.1) is 5.56 Å². The summed E-state index contributed by atoms with van der Waals surface area (Å²) in [6.07, 6.45) is 6.44. The summed E-state index contributed by atoms with van der Waals surface area (Å²) in [7, 11) is 0. The van der Waals surface area contributed by atoms with E-state index in [1.165, 1.54) is 12.8 Å². The molecule has 1 aliphatic carbocycles. The number of amides is 1. The molecule has 2 rings (SSSR count). The zero-order chi connectivity index (χ0) is 13.7. The van der Waals surface area contributed by atoms with Crippen LogP contribution in [-0.4, -0.2) is 23.5 Å². The standard InChI is InChI=1S/C15H23N3O/c1-3-8-16-14-13(5-4-9-17-14)15(19)18-11(2)10-12-6-7-12/h4-5,9,11-12H,3,6-8,10H2,1-2H3,(H,16,17)(H,18,19). The average molecular weight is 261 g/mol. The highest BCUT2D eigenvalue weighted by atomic mass is 16.1. The van der Waals surface area contributed by atoms with Crippen molar-refractivity contribution in [2.75, 3.05) is 11.9 Å². The molecule has 1 aromatic heterocycles. The fraction of sp³-hybridized carbons (Fsp3) is 0.600. The molecule has 1 amide bonds. The SMILES string of the molecule is CCCNc1ncccc1C(=O)NC(C)CC1CC1. The van der Waals surface area contributed by atoms with Crippen LogP contribution in [0.15, 0.2) is 18.3 Å². The van der Waals surface area contributed by atoms with Gasteiger partial charge in [-0.3, -0.25) is 4.79 Å². The molecule has 0 radical (unpaired) electrons. The predicted octanol–water partition coefficient (Wildman–Crippen LogP) is 2.82. The monoisotopic (exact) mass is 261 g/mol.